The van der Waals surface area contributed by atoms with Crippen LogP contribution in [0.2, 0.25) is 0 Å². The second-order valence-electron chi connectivity index (χ2n) is 6.15. The molecule has 118 valence electrons. The molecule has 6 heteroatoms. The minimum absolute atomic E-state index is 0.301. The van der Waals surface area contributed by atoms with Crippen molar-refractivity contribution in [1.29, 1.82) is 0 Å². The fraction of sp³-hybridized carbons (Fsp3) is 0.438. The third-order valence-electron chi connectivity index (χ3n) is 2.95. The van der Waals surface area contributed by atoms with Crippen LogP contribution in [-0.4, -0.2) is 26.5 Å². The number of carbonyl (C=O) groups is 1. The standard InChI is InChI=1S/C16H22N4O2/c1-11(17-15(21)22-16(2,3)4)14-18-13(19-20(14)5)12-9-7-6-8-10-12/h6-11H,1-5H3,(H,17,21)/t11-/m0/s1. The highest BCUT2D eigenvalue weighted by Crippen LogP contribution is 2.18. The SMILES string of the molecule is C[C@H](NC(=O)OC(C)(C)C)c1nc(-c2ccccc2)nn1C. The maximum atomic E-state index is 11.8. The minimum atomic E-state index is -0.529. The number of aromatic nitrogens is 3. The van der Waals surface area contributed by atoms with Crippen LogP contribution in [-0.2, 0) is 11.8 Å². The first kappa shape index (κ1) is 16.0. The van der Waals surface area contributed by atoms with Gasteiger partial charge in [-0.2, -0.15) is 5.10 Å². The van der Waals surface area contributed by atoms with Crippen molar-refractivity contribution in [3.8, 4) is 11.4 Å². The Kier molecular flexibility index (Phi) is 4.49. The Morgan fingerprint density at radius 1 is 1.27 bits per heavy atom. The lowest BCUT2D eigenvalue weighted by Crippen LogP contribution is -2.34. The Hall–Kier alpha value is -2.37. The fourth-order valence-electron chi connectivity index (χ4n) is 2.03. The van der Waals surface area contributed by atoms with E-state index in [1.165, 1.54) is 0 Å². The maximum Gasteiger partial charge on any atom is 0.408 e. The zero-order valence-electron chi connectivity index (χ0n) is 13.6. The van der Waals surface area contributed by atoms with Crippen LogP contribution in [0.15, 0.2) is 30.3 Å². The second kappa shape index (κ2) is 6.17. The Bertz CT molecular complexity index is 644. The molecule has 0 saturated heterocycles. The van der Waals surface area contributed by atoms with Crippen molar-refractivity contribution in [3.05, 3.63) is 36.2 Å². The summed E-state index contributed by atoms with van der Waals surface area (Å²) in [7, 11) is 1.81. The lowest BCUT2D eigenvalue weighted by Gasteiger charge is -2.21. The average molecular weight is 302 g/mol. The van der Waals surface area contributed by atoms with Crippen LogP contribution in [0.1, 0.15) is 39.6 Å². The van der Waals surface area contributed by atoms with Crippen LogP contribution < -0.4 is 5.32 Å². The van der Waals surface area contributed by atoms with E-state index in [-0.39, 0.29) is 6.04 Å². The summed E-state index contributed by atoms with van der Waals surface area (Å²) < 4.78 is 6.92. The first-order chi connectivity index (χ1) is 10.3. The number of nitrogens with one attached hydrogen (secondary N) is 1. The van der Waals surface area contributed by atoms with Gasteiger partial charge in [0.15, 0.2) is 5.82 Å². The lowest BCUT2D eigenvalue weighted by atomic mass is 10.2. The maximum absolute atomic E-state index is 11.8. The number of carbonyl (C=O) groups excluding carboxylic acids is 1. The van der Waals surface area contributed by atoms with E-state index in [2.05, 4.69) is 15.4 Å². The number of amides is 1. The van der Waals surface area contributed by atoms with Gasteiger partial charge in [-0.3, -0.25) is 4.68 Å². The smallest absolute Gasteiger partial charge is 0.408 e. The largest absolute Gasteiger partial charge is 0.444 e. The van der Waals surface area contributed by atoms with Gasteiger partial charge in [0.2, 0.25) is 0 Å². The van der Waals surface area contributed by atoms with Crippen molar-refractivity contribution in [2.24, 2.45) is 7.05 Å². The summed E-state index contributed by atoms with van der Waals surface area (Å²) in [5.41, 5.74) is 0.410. The third kappa shape index (κ3) is 4.07. The molecule has 2 rings (SSSR count). The van der Waals surface area contributed by atoms with Crippen LogP contribution in [0.25, 0.3) is 11.4 Å². The highest BCUT2D eigenvalue weighted by atomic mass is 16.6. The molecule has 0 aliphatic carbocycles. The van der Waals surface area contributed by atoms with Crippen LogP contribution >= 0.6 is 0 Å². The molecular formula is C16H22N4O2. The summed E-state index contributed by atoms with van der Waals surface area (Å²) >= 11 is 0. The van der Waals surface area contributed by atoms with Gasteiger partial charge in [0, 0.05) is 12.6 Å². The molecule has 2 aromatic rings. The summed E-state index contributed by atoms with van der Waals surface area (Å²) in [5, 5.41) is 7.17. The van der Waals surface area contributed by atoms with Gasteiger partial charge in [0.25, 0.3) is 0 Å². The molecule has 6 nitrogen and oxygen atoms in total. The number of benzene rings is 1. The zero-order valence-corrected chi connectivity index (χ0v) is 13.6. The number of alkyl carbamates (subject to hydrolysis) is 1. The van der Waals surface area contributed by atoms with Gasteiger partial charge >= 0.3 is 6.09 Å². The molecule has 0 spiro atoms. The first-order valence-electron chi connectivity index (χ1n) is 7.22. The van der Waals surface area contributed by atoms with Gasteiger partial charge in [0.1, 0.15) is 11.4 Å². The molecule has 1 amide bonds. The van der Waals surface area contributed by atoms with E-state index in [9.17, 15) is 4.79 Å². The Labute approximate surface area is 130 Å². The van der Waals surface area contributed by atoms with Crippen LogP contribution in [0, 0.1) is 0 Å². The normalized spacial score (nSPS) is 12.8. The average Bonchev–Trinajstić information content (AvgIpc) is 2.79. The van der Waals surface area contributed by atoms with Gasteiger partial charge in [-0.15, -0.1) is 0 Å². The van der Waals surface area contributed by atoms with Crippen molar-refractivity contribution in [1.82, 2.24) is 20.1 Å². The predicted molar refractivity (Wildman–Crippen MR) is 84.2 cm³/mol. The van der Waals surface area contributed by atoms with E-state index < -0.39 is 11.7 Å². The van der Waals surface area contributed by atoms with Gasteiger partial charge in [0.05, 0.1) is 6.04 Å². The second-order valence-corrected chi connectivity index (χ2v) is 6.15. The Morgan fingerprint density at radius 2 is 1.91 bits per heavy atom. The highest BCUT2D eigenvalue weighted by molar-refractivity contribution is 5.68. The Balaban J connectivity index is 2.12. The van der Waals surface area contributed by atoms with Crippen LogP contribution in [0.4, 0.5) is 4.79 Å². The van der Waals surface area contributed by atoms with E-state index in [0.29, 0.717) is 11.6 Å². The molecule has 1 atom stereocenters. The van der Waals surface area contributed by atoms with Gasteiger partial charge in [-0.25, -0.2) is 9.78 Å². The van der Waals surface area contributed by atoms with Crippen molar-refractivity contribution < 1.29 is 9.53 Å². The molecule has 1 aromatic heterocycles. The predicted octanol–water partition coefficient (Wildman–Crippen LogP) is 3.07. The summed E-state index contributed by atoms with van der Waals surface area (Å²) in [6, 6.07) is 9.42. The number of nitrogens with zero attached hydrogens (tertiary/aromatic N) is 3. The highest BCUT2D eigenvalue weighted by Gasteiger charge is 2.21. The molecule has 1 aromatic carbocycles. The molecule has 22 heavy (non-hydrogen) atoms. The van der Waals surface area contributed by atoms with E-state index in [0.717, 1.165) is 5.56 Å². The summed E-state index contributed by atoms with van der Waals surface area (Å²) in [6.45, 7) is 7.33. The molecule has 0 unspecified atom stereocenters. The molecule has 1 heterocycles. The number of aryl methyl sites for hydroxylation is 1. The molecule has 0 bridgehead atoms. The van der Waals surface area contributed by atoms with Crippen molar-refractivity contribution in [3.63, 3.8) is 0 Å². The van der Waals surface area contributed by atoms with E-state index in [1.54, 1.807) is 4.68 Å². The van der Waals surface area contributed by atoms with Crippen molar-refractivity contribution in [2.45, 2.75) is 39.3 Å². The number of ether oxygens (including phenoxy) is 1. The summed E-state index contributed by atoms with van der Waals surface area (Å²) in [5.74, 6) is 1.31. The van der Waals surface area contributed by atoms with E-state index in [1.807, 2.05) is 65.1 Å². The van der Waals surface area contributed by atoms with Crippen LogP contribution in [0.5, 0.6) is 0 Å². The van der Waals surface area contributed by atoms with Crippen molar-refractivity contribution in [2.75, 3.05) is 0 Å². The Morgan fingerprint density at radius 3 is 2.50 bits per heavy atom. The number of rotatable bonds is 3. The molecule has 1 N–H and O–H groups in total. The lowest BCUT2D eigenvalue weighted by molar-refractivity contribution is 0.0505. The van der Waals surface area contributed by atoms with E-state index in [4.69, 9.17) is 4.74 Å². The topological polar surface area (TPSA) is 69.0 Å². The minimum Gasteiger partial charge on any atom is -0.444 e. The summed E-state index contributed by atoms with van der Waals surface area (Å²) in [4.78, 5) is 16.4. The van der Waals surface area contributed by atoms with Gasteiger partial charge in [-0.05, 0) is 27.7 Å². The molecule has 0 radical (unpaired) electrons. The quantitative estimate of drug-likeness (QED) is 0.946. The third-order valence-corrected chi connectivity index (χ3v) is 2.95. The first-order valence-corrected chi connectivity index (χ1v) is 7.22. The zero-order chi connectivity index (χ0) is 16.3. The number of hydrogen-bond acceptors (Lipinski definition) is 4. The molecule has 0 aliphatic heterocycles. The molecule has 0 saturated carbocycles. The van der Waals surface area contributed by atoms with Gasteiger partial charge in [-0.1, -0.05) is 30.3 Å². The summed E-state index contributed by atoms with van der Waals surface area (Å²) in [6.07, 6.45) is -0.468. The molecule has 0 aliphatic rings. The van der Waals surface area contributed by atoms with E-state index >= 15 is 0 Å². The molecule has 0 fully saturated rings. The monoisotopic (exact) mass is 302 g/mol. The fourth-order valence-corrected chi connectivity index (χ4v) is 2.03. The van der Waals surface area contributed by atoms with Crippen LogP contribution in [0.3, 0.4) is 0 Å². The van der Waals surface area contributed by atoms with Crippen molar-refractivity contribution >= 4 is 6.09 Å². The molecular weight excluding hydrogens is 280 g/mol. The number of hydrogen-bond donors (Lipinski definition) is 1. The van der Waals surface area contributed by atoms with Gasteiger partial charge < -0.3 is 10.1 Å².